The Morgan fingerprint density at radius 2 is 2.05 bits per heavy atom. The van der Waals surface area contributed by atoms with E-state index in [0.29, 0.717) is 18.9 Å². The molecule has 2 N–H and O–H groups in total. The maximum atomic E-state index is 12.1. The second-order valence-electron chi connectivity index (χ2n) is 6.09. The van der Waals surface area contributed by atoms with Gasteiger partial charge in [0.2, 0.25) is 5.91 Å². The van der Waals surface area contributed by atoms with E-state index in [0.717, 1.165) is 25.7 Å². The maximum absolute atomic E-state index is 12.1. The highest BCUT2D eigenvalue weighted by Gasteiger charge is 2.24. The highest BCUT2D eigenvalue weighted by Crippen LogP contribution is 2.35. The minimum Gasteiger partial charge on any atom is -0.391 e. The molecule has 0 aliphatic heterocycles. The predicted octanol–water partition coefficient (Wildman–Crippen LogP) is 3.02. The molecule has 0 spiro atoms. The topological polar surface area (TPSA) is 49.3 Å². The lowest BCUT2D eigenvalue weighted by atomic mass is 9.95. The molecule has 0 aromatic heterocycles. The molecule has 0 bridgehead atoms. The molecule has 0 saturated carbocycles. The van der Waals surface area contributed by atoms with Gasteiger partial charge in [0.05, 0.1) is 6.10 Å². The van der Waals surface area contributed by atoms with Gasteiger partial charge in [0.15, 0.2) is 0 Å². The average molecular weight is 289 g/mol. The van der Waals surface area contributed by atoms with Gasteiger partial charge in [-0.15, -0.1) is 0 Å². The van der Waals surface area contributed by atoms with Crippen molar-refractivity contribution in [2.24, 2.45) is 5.92 Å². The lowest BCUT2D eigenvalue weighted by molar-refractivity contribution is -0.122. The van der Waals surface area contributed by atoms with Crippen molar-refractivity contribution in [2.45, 2.75) is 58.0 Å². The fraction of sp³-hybridized carbons (Fsp3) is 0.611. The third-order valence-electron chi connectivity index (χ3n) is 4.79. The molecule has 1 aliphatic carbocycles. The third-order valence-corrected chi connectivity index (χ3v) is 4.79. The lowest BCUT2D eigenvalue weighted by Gasteiger charge is -2.21. The number of amides is 1. The van der Waals surface area contributed by atoms with Crippen LogP contribution in [0, 0.1) is 5.92 Å². The van der Waals surface area contributed by atoms with Crippen molar-refractivity contribution in [1.82, 2.24) is 5.32 Å². The molecule has 2 atom stereocenters. The smallest absolute Gasteiger partial charge is 0.220 e. The molecule has 3 heteroatoms. The number of hydrogen-bond acceptors (Lipinski definition) is 2. The molecule has 21 heavy (non-hydrogen) atoms. The Kier molecular flexibility index (Phi) is 5.80. The van der Waals surface area contributed by atoms with Crippen LogP contribution >= 0.6 is 0 Å². The summed E-state index contributed by atoms with van der Waals surface area (Å²) in [7, 11) is 0. The van der Waals surface area contributed by atoms with Crippen LogP contribution in [0.15, 0.2) is 24.3 Å². The summed E-state index contributed by atoms with van der Waals surface area (Å²) in [5.41, 5.74) is 2.71. The van der Waals surface area contributed by atoms with Gasteiger partial charge in [0.1, 0.15) is 0 Å². The predicted molar refractivity (Wildman–Crippen MR) is 85.2 cm³/mol. The van der Waals surface area contributed by atoms with Gasteiger partial charge in [0, 0.05) is 13.0 Å². The van der Waals surface area contributed by atoms with Crippen molar-refractivity contribution in [3.63, 3.8) is 0 Å². The van der Waals surface area contributed by atoms with Crippen molar-refractivity contribution in [2.75, 3.05) is 6.54 Å². The number of aryl methyl sites for hydroxylation is 1. The molecule has 1 aromatic carbocycles. The molecule has 1 aromatic rings. The lowest BCUT2D eigenvalue weighted by Crippen LogP contribution is -2.36. The number of rotatable bonds is 7. The van der Waals surface area contributed by atoms with Crippen LogP contribution in [0.3, 0.4) is 0 Å². The van der Waals surface area contributed by atoms with E-state index in [2.05, 4.69) is 37.4 Å². The fourth-order valence-electron chi connectivity index (χ4n) is 3.37. The van der Waals surface area contributed by atoms with Gasteiger partial charge in [-0.2, -0.15) is 0 Å². The molecule has 2 rings (SSSR count). The molecule has 0 radical (unpaired) electrons. The van der Waals surface area contributed by atoms with Crippen LogP contribution in [0.2, 0.25) is 0 Å². The minimum absolute atomic E-state index is 0.0571. The molecule has 3 nitrogen and oxygen atoms in total. The number of aliphatic hydroxyl groups excluding tert-OH is 1. The quantitative estimate of drug-likeness (QED) is 0.810. The van der Waals surface area contributed by atoms with E-state index in [1.54, 1.807) is 0 Å². The standard InChI is InChI=1S/C18H27NO2/c1-3-13(4-2)17(20)12-19-18(21)11-15-10-9-14-7-5-6-8-16(14)15/h5-8,13,15,17,20H,3-4,9-12H2,1-2H3,(H,19,21). The maximum Gasteiger partial charge on any atom is 0.220 e. The minimum atomic E-state index is -0.431. The molecule has 1 aliphatic rings. The molecule has 116 valence electrons. The zero-order chi connectivity index (χ0) is 15.2. The SMILES string of the molecule is CCC(CC)C(O)CNC(=O)CC1CCc2ccccc21. The summed E-state index contributed by atoms with van der Waals surface area (Å²) in [5.74, 6) is 0.672. The van der Waals surface area contributed by atoms with Gasteiger partial charge in [0.25, 0.3) is 0 Å². The number of nitrogens with one attached hydrogen (secondary N) is 1. The molecular formula is C18H27NO2. The zero-order valence-corrected chi connectivity index (χ0v) is 13.1. The molecular weight excluding hydrogens is 262 g/mol. The molecule has 1 amide bonds. The average Bonchev–Trinajstić information content (AvgIpc) is 2.90. The summed E-state index contributed by atoms with van der Waals surface area (Å²) in [6.07, 6.45) is 4.13. The van der Waals surface area contributed by atoms with Crippen molar-refractivity contribution in [1.29, 1.82) is 0 Å². The van der Waals surface area contributed by atoms with Crippen LogP contribution in [0.4, 0.5) is 0 Å². The Bertz CT molecular complexity index is 468. The van der Waals surface area contributed by atoms with Crippen LogP contribution in [0.25, 0.3) is 0 Å². The number of carbonyl (C=O) groups excluding carboxylic acids is 1. The first-order valence-corrected chi connectivity index (χ1v) is 8.18. The van der Waals surface area contributed by atoms with Crippen molar-refractivity contribution in [3.8, 4) is 0 Å². The molecule has 2 unspecified atom stereocenters. The number of fused-ring (bicyclic) bond motifs is 1. The van der Waals surface area contributed by atoms with Crippen LogP contribution in [-0.2, 0) is 11.2 Å². The Morgan fingerprint density at radius 1 is 1.33 bits per heavy atom. The fourth-order valence-corrected chi connectivity index (χ4v) is 3.37. The monoisotopic (exact) mass is 289 g/mol. The second kappa shape index (κ2) is 7.60. The molecule has 0 saturated heterocycles. The number of carbonyl (C=O) groups is 1. The van der Waals surface area contributed by atoms with E-state index in [4.69, 9.17) is 0 Å². The van der Waals surface area contributed by atoms with Crippen LogP contribution in [0.1, 0.15) is 56.6 Å². The largest absolute Gasteiger partial charge is 0.391 e. The molecule has 0 heterocycles. The summed E-state index contributed by atoms with van der Waals surface area (Å²) in [4.78, 5) is 12.1. The van der Waals surface area contributed by atoms with E-state index in [-0.39, 0.29) is 11.8 Å². The highest BCUT2D eigenvalue weighted by atomic mass is 16.3. The van der Waals surface area contributed by atoms with E-state index >= 15 is 0 Å². The van der Waals surface area contributed by atoms with E-state index in [1.165, 1.54) is 11.1 Å². The van der Waals surface area contributed by atoms with Gasteiger partial charge < -0.3 is 10.4 Å². The third kappa shape index (κ3) is 4.07. The first-order chi connectivity index (χ1) is 10.2. The Hall–Kier alpha value is -1.35. The van der Waals surface area contributed by atoms with Crippen LogP contribution < -0.4 is 5.32 Å². The summed E-state index contributed by atoms with van der Waals surface area (Å²) in [5, 5.41) is 13.0. The van der Waals surface area contributed by atoms with Crippen molar-refractivity contribution < 1.29 is 9.90 Å². The van der Waals surface area contributed by atoms with E-state index < -0.39 is 6.10 Å². The van der Waals surface area contributed by atoms with Gasteiger partial charge in [-0.1, -0.05) is 51.0 Å². The summed E-state index contributed by atoms with van der Waals surface area (Å²) in [6, 6.07) is 8.41. The van der Waals surface area contributed by atoms with Crippen LogP contribution in [-0.4, -0.2) is 23.7 Å². The first kappa shape index (κ1) is 16.0. The number of benzene rings is 1. The first-order valence-electron chi connectivity index (χ1n) is 8.18. The number of aliphatic hydroxyl groups is 1. The van der Waals surface area contributed by atoms with Gasteiger partial charge >= 0.3 is 0 Å². The van der Waals surface area contributed by atoms with Crippen LogP contribution in [0.5, 0.6) is 0 Å². The number of hydrogen-bond donors (Lipinski definition) is 2. The Balaban J connectivity index is 1.81. The zero-order valence-electron chi connectivity index (χ0n) is 13.1. The van der Waals surface area contributed by atoms with Gasteiger partial charge in [-0.05, 0) is 35.8 Å². The van der Waals surface area contributed by atoms with Crippen molar-refractivity contribution in [3.05, 3.63) is 35.4 Å². The van der Waals surface area contributed by atoms with Crippen molar-refractivity contribution >= 4 is 5.91 Å². The summed E-state index contributed by atoms with van der Waals surface area (Å²) >= 11 is 0. The summed E-state index contributed by atoms with van der Waals surface area (Å²) < 4.78 is 0. The van der Waals surface area contributed by atoms with E-state index in [1.807, 2.05) is 6.07 Å². The van der Waals surface area contributed by atoms with Gasteiger partial charge in [-0.3, -0.25) is 4.79 Å². The normalized spacial score (nSPS) is 18.6. The molecule has 0 fully saturated rings. The Morgan fingerprint density at radius 3 is 2.76 bits per heavy atom. The van der Waals surface area contributed by atoms with E-state index in [9.17, 15) is 9.90 Å². The highest BCUT2D eigenvalue weighted by molar-refractivity contribution is 5.77. The Labute approximate surface area is 127 Å². The second-order valence-corrected chi connectivity index (χ2v) is 6.09. The van der Waals surface area contributed by atoms with Gasteiger partial charge in [-0.25, -0.2) is 0 Å². The summed E-state index contributed by atoms with van der Waals surface area (Å²) in [6.45, 7) is 4.53.